The van der Waals surface area contributed by atoms with Crippen LogP contribution in [0.15, 0.2) is 109 Å². The molecule has 0 saturated heterocycles. The molecule has 3 nitrogen and oxygen atoms in total. The van der Waals surface area contributed by atoms with Crippen molar-refractivity contribution in [3.63, 3.8) is 0 Å². The van der Waals surface area contributed by atoms with Crippen LogP contribution in [0.3, 0.4) is 0 Å². The van der Waals surface area contributed by atoms with Crippen molar-refractivity contribution in [1.82, 2.24) is 14.5 Å². The number of nitrogens with one attached hydrogen (secondary N) is 1. The molecule has 0 fully saturated rings. The van der Waals surface area contributed by atoms with Crippen LogP contribution in [0.1, 0.15) is 0 Å². The normalized spacial score (nSPS) is 12.1. The lowest BCUT2D eigenvalue weighted by molar-refractivity contribution is 1.09. The van der Waals surface area contributed by atoms with Crippen LogP contribution in [0.4, 0.5) is 0 Å². The number of benzene rings is 6. The van der Waals surface area contributed by atoms with Crippen molar-refractivity contribution >= 4 is 65.2 Å². The molecule has 0 atom stereocenters. The average molecular weight is 434 g/mol. The summed E-state index contributed by atoms with van der Waals surface area (Å²) in [5.41, 5.74) is 5.63. The highest BCUT2D eigenvalue weighted by molar-refractivity contribution is 6.32. The lowest BCUT2D eigenvalue weighted by Gasteiger charge is -2.12. The van der Waals surface area contributed by atoms with Crippen molar-refractivity contribution in [2.75, 3.05) is 0 Å². The molecule has 0 spiro atoms. The van der Waals surface area contributed by atoms with Gasteiger partial charge in [0.05, 0.1) is 11.0 Å². The average Bonchev–Trinajstić information content (AvgIpc) is 3.49. The molecule has 3 heteroatoms. The van der Waals surface area contributed by atoms with Gasteiger partial charge in [-0.1, -0.05) is 66.7 Å². The van der Waals surface area contributed by atoms with E-state index in [0.29, 0.717) is 0 Å². The van der Waals surface area contributed by atoms with Gasteiger partial charge < -0.3 is 4.98 Å². The quantitative estimate of drug-likeness (QED) is 0.261. The van der Waals surface area contributed by atoms with Gasteiger partial charge in [-0.15, -0.1) is 0 Å². The summed E-state index contributed by atoms with van der Waals surface area (Å²) in [6.45, 7) is 0. The Morgan fingerprint density at radius 3 is 2.12 bits per heavy atom. The van der Waals surface area contributed by atoms with Gasteiger partial charge >= 0.3 is 0 Å². The summed E-state index contributed by atoms with van der Waals surface area (Å²) in [5.74, 6) is 0. The number of rotatable bonds is 1. The minimum Gasteiger partial charge on any atom is -0.354 e. The van der Waals surface area contributed by atoms with E-state index in [0.717, 1.165) is 16.7 Å². The van der Waals surface area contributed by atoms with Crippen molar-refractivity contribution in [2.45, 2.75) is 0 Å². The van der Waals surface area contributed by atoms with E-state index in [1.807, 2.05) is 12.4 Å². The topological polar surface area (TPSA) is 33.6 Å². The molecule has 2 heterocycles. The zero-order chi connectivity index (χ0) is 22.2. The summed E-state index contributed by atoms with van der Waals surface area (Å²) in [4.78, 5) is 8.56. The molecule has 34 heavy (non-hydrogen) atoms. The highest BCUT2D eigenvalue weighted by atomic mass is 15.0. The van der Waals surface area contributed by atoms with Gasteiger partial charge in [0.1, 0.15) is 6.33 Å². The molecule has 0 radical (unpaired) electrons. The molecule has 0 aliphatic carbocycles. The maximum Gasteiger partial charge on any atom is 0.100 e. The number of hydrogen-bond donors (Lipinski definition) is 1. The molecule has 8 aromatic rings. The molecule has 0 amide bonds. The number of nitrogens with zero attached hydrogens (tertiary/aromatic N) is 2. The molecule has 158 valence electrons. The number of para-hydroxylation sites is 2. The van der Waals surface area contributed by atoms with Crippen molar-refractivity contribution in [3.8, 4) is 5.69 Å². The predicted octanol–water partition coefficient (Wildman–Crippen LogP) is 8.12. The first-order valence-corrected chi connectivity index (χ1v) is 11.6. The summed E-state index contributed by atoms with van der Waals surface area (Å²) in [5, 5.41) is 10.0. The molecule has 8 rings (SSSR count). The van der Waals surface area contributed by atoms with E-state index in [1.165, 1.54) is 54.1 Å². The Bertz CT molecular complexity index is 2060. The second-order valence-electron chi connectivity index (χ2n) is 8.97. The first-order chi connectivity index (χ1) is 16.9. The Morgan fingerprint density at radius 2 is 1.24 bits per heavy atom. The van der Waals surface area contributed by atoms with Crippen LogP contribution in [0.2, 0.25) is 0 Å². The van der Waals surface area contributed by atoms with Gasteiger partial charge in [-0.3, -0.25) is 4.57 Å². The highest BCUT2D eigenvalue weighted by Gasteiger charge is 2.16. The van der Waals surface area contributed by atoms with Crippen LogP contribution in [0, 0.1) is 0 Å². The van der Waals surface area contributed by atoms with Crippen LogP contribution >= 0.6 is 0 Å². The first kappa shape index (κ1) is 17.9. The van der Waals surface area contributed by atoms with Crippen molar-refractivity contribution in [2.24, 2.45) is 0 Å². The van der Waals surface area contributed by atoms with Crippen LogP contribution in [0.5, 0.6) is 0 Å². The molecule has 0 aliphatic rings. The molecule has 6 aromatic carbocycles. The van der Waals surface area contributed by atoms with Crippen LogP contribution in [0.25, 0.3) is 70.8 Å². The Kier molecular flexibility index (Phi) is 3.39. The zero-order valence-electron chi connectivity index (χ0n) is 18.3. The molecular formula is C31H19N3. The van der Waals surface area contributed by atoms with Crippen molar-refractivity contribution in [1.29, 1.82) is 0 Å². The van der Waals surface area contributed by atoms with Crippen molar-refractivity contribution in [3.05, 3.63) is 109 Å². The maximum atomic E-state index is 4.94. The number of aromatic nitrogens is 3. The summed E-state index contributed by atoms with van der Waals surface area (Å²) in [6, 6.07) is 36.9. The van der Waals surface area contributed by atoms with Crippen LogP contribution in [-0.4, -0.2) is 14.5 Å². The smallest absolute Gasteiger partial charge is 0.100 e. The highest BCUT2D eigenvalue weighted by Crippen LogP contribution is 2.41. The van der Waals surface area contributed by atoms with Crippen LogP contribution < -0.4 is 0 Å². The van der Waals surface area contributed by atoms with E-state index < -0.39 is 0 Å². The Morgan fingerprint density at radius 1 is 0.529 bits per heavy atom. The minimum atomic E-state index is 1.04. The number of H-pyrrole nitrogens is 1. The van der Waals surface area contributed by atoms with Gasteiger partial charge in [0, 0.05) is 32.9 Å². The summed E-state index contributed by atoms with van der Waals surface area (Å²) < 4.78 is 2.18. The van der Waals surface area contributed by atoms with Gasteiger partial charge in [0.25, 0.3) is 0 Å². The SMILES string of the molecule is c1ccc(-n2cnc3c4c5ccccc5c5cc6[nH]c7ccccc7c6cc5c4ccc32)cc1. The largest absolute Gasteiger partial charge is 0.354 e. The fourth-order valence-corrected chi connectivity index (χ4v) is 5.65. The van der Waals surface area contributed by atoms with E-state index in [-0.39, 0.29) is 0 Å². The second-order valence-corrected chi connectivity index (χ2v) is 8.97. The third kappa shape index (κ3) is 2.28. The third-order valence-electron chi connectivity index (χ3n) is 7.17. The fraction of sp³-hybridized carbons (Fsp3) is 0. The molecule has 0 aliphatic heterocycles. The summed E-state index contributed by atoms with van der Waals surface area (Å²) >= 11 is 0. The lowest BCUT2D eigenvalue weighted by atomic mass is 9.92. The Labute approximate surface area is 194 Å². The second kappa shape index (κ2) is 6.46. The van der Waals surface area contributed by atoms with E-state index in [9.17, 15) is 0 Å². The molecule has 0 saturated carbocycles. The molecular weight excluding hydrogens is 414 g/mol. The number of aromatic amines is 1. The Hall–Kier alpha value is -4.63. The molecule has 0 unspecified atom stereocenters. The van der Waals surface area contributed by atoms with E-state index in [2.05, 4.69) is 107 Å². The molecule has 1 N–H and O–H groups in total. The van der Waals surface area contributed by atoms with E-state index >= 15 is 0 Å². The fourth-order valence-electron chi connectivity index (χ4n) is 5.65. The Balaban J connectivity index is 1.59. The maximum absolute atomic E-state index is 4.94. The molecule has 0 bridgehead atoms. The number of hydrogen-bond acceptors (Lipinski definition) is 1. The summed E-state index contributed by atoms with van der Waals surface area (Å²) in [7, 11) is 0. The number of imidazole rings is 1. The molecule has 2 aromatic heterocycles. The van der Waals surface area contributed by atoms with Gasteiger partial charge in [-0.2, -0.15) is 0 Å². The van der Waals surface area contributed by atoms with Crippen LogP contribution in [-0.2, 0) is 0 Å². The van der Waals surface area contributed by atoms with Crippen molar-refractivity contribution < 1.29 is 0 Å². The van der Waals surface area contributed by atoms with Gasteiger partial charge in [-0.25, -0.2) is 4.98 Å². The predicted molar refractivity (Wildman–Crippen MR) is 143 cm³/mol. The minimum absolute atomic E-state index is 1.04. The van der Waals surface area contributed by atoms with Gasteiger partial charge in [-0.05, 0) is 63.3 Å². The summed E-state index contributed by atoms with van der Waals surface area (Å²) in [6.07, 6.45) is 1.95. The first-order valence-electron chi connectivity index (χ1n) is 11.6. The zero-order valence-corrected chi connectivity index (χ0v) is 18.3. The lowest BCUT2D eigenvalue weighted by Crippen LogP contribution is -1.91. The monoisotopic (exact) mass is 433 g/mol. The van der Waals surface area contributed by atoms with E-state index in [1.54, 1.807) is 0 Å². The van der Waals surface area contributed by atoms with Gasteiger partial charge in [0.2, 0.25) is 0 Å². The number of fused-ring (bicyclic) bond motifs is 11. The van der Waals surface area contributed by atoms with E-state index in [4.69, 9.17) is 4.98 Å². The third-order valence-corrected chi connectivity index (χ3v) is 7.17. The standard InChI is InChI=1S/C31H19N3/c1-2-8-19(9-3-1)34-18-32-31-29(34)15-14-23-24-16-26-21-11-6-7-13-27(21)33-28(26)17-25(24)20-10-4-5-12-22(20)30(23)31/h1-18,33H. The van der Waals surface area contributed by atoms with Gasteiger partial charge in [0.15, 0.2) is 0 Å².